The third kappa shape index (κ3) is 1.85. The van der Waals surface area contributed by atoms with E-state index in [0.717, 1.165) is 0 Å². The second-order valence-electron chi connectivity index (χ2n) is 4.50. The highest BCUT2D eigenvalue weighted by molar-refractivity contribution is 6.23. The van der Waals surface area contributed by atoms with Crippen LogP contribution in [0.4, 0.5) is 11.5 Å². The minimum absolute atomic E-state index is 0.0571. The first-order valence-electron chi connectivity index (χ1n) is 6.29. The topological polar surface area (TPSA) is 98.8 Å². The Labute approximate surface area is 136 Å². The van der Waals surface area contributed by atoms with E-state index >= 15 is 0 Å². The lowest BCUT2D eigenvalue weighted by Gasteiger charge is -2.01. The molecule has 0 radical (unpaired) electrons. The van der Waals surface area contributed by atoms with Crippen LogP contribution in [0.2, 0.25) is 0 Å². The lowest BCUT2D eigenvalue weighted by atomic mass is 10.1. The van der Waals surface area contributed by atoms with E-state index in [1.165, 1.54) is 12.1 Å². The van der Waals surface area contributed by atoms with E-state index < -0.39 is 0 Å². The van der Waals surface area contributed by atoms with Gasteiger partial charge in [0, 0.05) is 11.1 Å². The molecule has 0 unspecified atom stereocenters. The van der Waals surface area contributed by atoms with Crippen molar-refractivity contribution in [3.8, 4) is 23.3 Å². The second kappa shape index (κ2) is 5.32. The number of pyridine rings is 2. The molecule has 0 saturated heterocycles. The fraction of sp³-hybridized carbons (Fsp3) is 0. The highest BCUT2D eigenvalue weighted by Gasteiger charge is 2.35. The Morgan fingerprint density at radius 3 is 2.25 bits per heavy atom. The van der Waals surface area contributed by atoms with Gasteiger partial charge in [0.05, 0.1) is 17.2 Å². The van der Waals surface area contributed by atoms with Gasteiger partial charge in [-0.1, -0.05) is 12.6 Å². The van der Waals surface area contributed by atoms with Gasteiger partial charge in [-0.3, -0.25) is 0 Å². The van der Waals surface area contributed by atoms with E-state index in [4.69, 9.17) is 30.2 Å². The summed E-state index contributed by atoms with van der Waals surface area (Å²) in [6.07, 6.45) is 0. The molecule has 0 aromatic carbocycles. The molecule has 8 nitrogen and oxygen atoms in total. The standard InChI is InChI=1S/C16H2N8/c1-19-11-5-10-9-4-8(6-17)12(7-18)22-13(9)15(24-21-3)14(10)23-16(11)20-2/h4-5H/b24-15-. The summed E-state index contributed by atoms with van der Waals surface area (Å²) in [5.74, 6) is -0.102. The summed E-state index contributed by atoms with van der Waals surface area (Å²) in [4.78, 5) is 17.7. The van der Waals surface area contributed by atoms with E-state index in [1.807, 2.05) is 12.1 Å². The van der Waals surface area contributed by atoms with Crippen LogP contribution in [0.5, 0.6) is 0 Å². The minimum atomic E-state index is -0.102. The molecule has 24 heavy (non-hydrogen) atoms. The van der Waals surface area contributed by atoms with Crippen molar-refractivity contribution in [2.45, 2.75) is 0 Å². The van der Waals surface area contributed by atoms with Crippen molar-refractivity contribution in [3.05, 3.63) is 69.1 Å². The summed E-state index contributed by atoms with van der Waals surface area (Å²) in [5, 5.41) is 22.0. The molecule has 0 saturated carbocycles. The minimum Gasteiger partial charge on any atom is -0.371 e. The van der Waals surface area contributed by atoms with Crippen molar-refractivity contribution < 1.29 is 0 Å². The summed E-state index contributed by atoms with van der Waals surface area (Å²) < 4.78 is 0. The second-order valence-corrected chi connectivity index (χ2v) is 4.50. The molecule has 2 aromatic heterocycles. The number of fused-ring (bicyclic) bond motifs is 3. The van der Waals surface area contributed by atoms with Crippen molar-refractivity contribution >= 4 is 17.2 Å². The monoisotopic (exact) mass is 306 g/mol. The largest absolute Gasteiger partial charge is 0.371 e. The van der Waals surface area contributed by atoms with E-state index in [0.29, 0.717) is 11.1 Å². The van der Waals surface area contributed by atoms with Crippen LogP contribution in [-0.4, -0.2) is 15.7 Å². The van der Waals surface area contributed by atoms with E-state index in [-0.39, 0.29) is 39.9 Å². The highest BCUT2D eigenvalue weighted by Crippen LogP contribution is 2.41. The number of aromatic nitrogens is 2. The third-order valence-corrected chi connectivity index (χ3v) is 3.35. The van der Waals surface area contributed by atoms with Gasteiger partial charge in [-0.15, -0.1) is 9.94 Å². The molecule has 2 aromatic rings. The SMILES string of the molecule is [C-]#[N+]/N=C1/c2nc(C#N)c(C#N)cc2-c2cc([N+]#[C-])c([N+]#[C-])nc21. The molecule has 0 fully saturated rings. The summed E-state index contributed by atoms with van der Waals surface area (Å²) in [6, 6.07) is 6.64. The average molecular weight is 306 g/mol. The van der Waals surface area contributed by atoms with Crippen LogP contribution in [0.25, 0.3) is 25.8 Å². The summed E-state index contributed by atoms with van der Waals surface area (Å²) in [6.45, 7) is 21.2. The van der Waals surface area contributed by atoms with Crippen LogP contribution in [0.1, 0.15) is 22.6 Å². The predicted molar refractivity (Wildman–Crippen MR) is 81.7 cm³/mol. The van der Waals surface area contributed by atoms with Crippen LogP contribution in [0.3, 0.4) is 0 Å². The summed E-state index contributed by atoms with van der Waals surface area (Å²) in [5.41, 5.74) is 1.56. The fourth-order valence-corrected chi connectivity index (χ4v) is 2.37. The zero-order chi connectivity index (χ0) is 17.3. The summed E-state index contributed by atoms with van der Waals surface area (Å²) in [7, 11) is 0. The van der Waals surface area contributed by atoms with Crippen molar-refractivity contribution in [2.24, 2.45) is 5.10 Å². The molecule has 0 bridgehead atoms. The smallest absolute Gasteiger partial charge is 0.274 e. The van der Waals surface area contributed by atoms with Crippen LogP contribution in [0, 0.1) is 42.4 Å². The molecule has 0 amide bonds. The quantitative estimate of drug-likeness (QED) is 0.471. The zero-order valence-electron chi connectivity index (χ0n) is 11.7. The Hall–Kier alpha value is -4.58. The number of rotatable bonds is 0. The van der Waals surface area contributed by atoms with Gasteiger partial charge in [0.25, 0.3) is 5.82 Å². The van der Waals surface area contributed by atoms with Gasteiger partial charge in [0.15, 0.2) is 11.4 Å². The molecule has 0 atom stereocenters. The molecule has 2 heterocycles. The van der Waals surface area contributed by atoms with E-state index in [9.17, 15) is 0 Å². The molecule has 1 aliphatic carbocycles. The molecule has 106 valence electrons. The Morgan fingerprint density at radius 2 is 1.67 bits per heavy atom. The lowest BCUT2D eigenvalue weighted by Crippen LogP contribution is -2.04. The third-order valence-electron chi connectivity index (χ3n) is 3.35. The Kier molecular flexibility index (Phi) is 3.18. The van der Waals surface area contributed by atoms with Crippen molar-refractivity contribution in [1.82, 2.24) is 9.97 Å². The van der Waals surface area contributed by atoms with Gasteiger partial charge in [0.2, 0.25) is 11.4 Å². The Morgan fingerprint density at radius 1 is 0.958 bits per heavy atom. The van der Waals surface area contributed by atoms with Crippen LogP contribution in [0.15, 0.2) is 17.2 Å². The van der Waals surface area contributed by atoms with Crippen molar-refractivity contribution in [2.75, 3.05) is 0 Å². The summed E-state index contributed by atoms with van der Waals surface area (Å²) >= 11 is 0. The molecule has 8 heteroatoms. The molecule has 0 spiro atoms. The first-order valence-corrected chi connectivity index (χ1v) is 6.29. The number of hydrogen-bond donors (Lipinski definition) is 0. The highest BCUT2D eigenvalue weighted by atomic mass is 15.2. The van der Waals surface area contributed by atoms with Gasteiger partial charge in [-0.25, -0.2) is 9.83 Å². The zero-order valence-corrected chi connectivity index (χ0v) is 11.7. The van der Waals surface area contributed by atoms with Crippen LogP contribution < -0.4 is 0 Å². The van der Waals surface area contributed by atoms with Gasteiger partial charge >= 0.3 is 0 Å². The number of nitrogens with zero attached hydrogens (tertiary/aromatic N) is 8. The molecule has 0 N–H and O–H groups in total. The van der Waals surface area contributed by atoms with Gasteiger partial charge in [-0.2, -0.15) is 17.1 Å². The maximum atomic E-state index is 9.16. The van der Waals surface area contributed by atoms with Crippen LogP contribution in [-0.2, 0) is 0 Å². The molecule has 1 aliphatic rings. The average Bonchev–Trinajstić information content (AvgIpc) is 2.91. The van der Waals surface area contributed by atoms with Gasteiger partial charge in [-0.05, 0) is 6.07 Å². The van der Waals surface area contributed by atoms with E-state index in [1.54, 1.807) is 0 Å². The first kappa shape index (κ1) is 14.4. The van der Waals surface area contributed by atoms with Crippen molar-refractivity contribution in [1.29, 1.82) is 10.5 Å². The fourth-order valence-electron chi connectivity index (χ4n) is 2.37. The predicted octanol–water partition coefficient (Wildman–Crippen LogP) is 2.97. The van der Waals surface area contributed by atoms with Crippen LogP contribution >= 0.6 is 0 Å². The number of nitriles is 2. The van der Waals surface area contributed by atoms with Gasteiger partial charge < -0.3 is 4.85 Å². The lowest BCUT2D eigenvalue weighted by molar-refractivity contribution is 1.22. The molecule has 3 rings (SSSR count). The van der Waals surface area contributed by atoms with E-state index in [2.05, 4.69) is 29.7 Å². The maximum Gasteiger partial charge on any atom is 0.274 e. The van der Waals surface area contributed by atoms with Crippen molar-refractivity contribution in [3.63, 3.8) is 0 Å². The number of hydrogen-bond acceptors (Lipinski definition) is 5. The molecular weight excluding hydrogens is 304 g/mol. The first-order chi connectivity index (χ1) is 11.7. The maximum absolute atomic E-state index is 9.16. The normalized spacial score (nSPS) is 12.0. The van der Waals surface area contributed by atoms with Gasteiger partial charge in [0.1, 0.15) is 17.8 Å². The molecule has 0 aliphatic heterocycles. The molecular formula is C16H2N8. The Balaban J connectivity index is 2.46. The Bertz CT molecular complexity index is 1070.